The first kappa shape index (κ1) is 10.6. The maximum Gasteiger partial charge on any atom is 0.0897 e. The second-order valence-electron chi connectivity index (χ2n) is 2.96. The molecule has 0 unspecified atom stereocenters. The average Bonchev–Trinajstić information content (AvgIpc) is 2.51. The monoisotopic (exact) mass is 199 g/mol. The van der Waals surface area contributed by atoms with Gasteiger partial charge in [0.25, 0.3) is 0 Å². The molecule has 3 nitrogen and oxygen atoms in total. The first-order valence-electron chi connectivity index (χ1n) is 4.59. The molecule has 1 aromatic rings. The zero-order valence-electron chi connectivity index (χ0n) is 8.26. The van der Waals surface area contributed by atoms with Crippen LogP contribution in [0.25, 0.3) is 0 Å². The van der Waals surface area contributed by atoms with E-state index < -0.39 is 0 Å². The van der Waals surface area contributed by atoms with Gasteiger partial charge < -0.3 is 10.6 Å². The van der Waals surface area contributed by atoms with Crippen molar-refractivity contribution in [2.45, 2.75) is 13.3 Å². The molecule has 0 atom stereocenters. The lowest BCUT2D eigenvalue weighted by molar-refractivity contribution is 0.645. The molecule has 0 radical (unpaired) electrons. The molecule has 0 bridgehead atoms. The zero-order chi connectivity index (χ0) is 9.52. The molecule has 0 aromatic carbocycles. The van der Waals surface area contributed by atoms with Crippen LogP contribution in [0.5, 0.6) is 0 Å². The Balaban J connectivity index is 2.06. The van der Waals surface area contributed by atoms with Crippen molar-refractivity contribution in [1.82, 2.24) is 15.6 Å². The van der Waals surface area contributed by atoms with Crippen molar-refractivity contribution in [3.05, 3.63) is 16.1 Å². The van der Waals surface area contributed by atoms with Gasteiger partial charge in [-0.25, -0.2) is 4.98 Å². The molecular weight excluding hydrogens is 182 g/mol. The Bertz CT molecular complexity index is 235. The molecular formula is C9H17N3S. The molecule has 2 N–H and O–H groups in total. The van der Waals surface area contributed by atoms with Gasteiger partial charge in [0.2, 0.25) is 0 Å². The minimum absolute atomic E-state index is 1.02. The van der Waals surface area contributed by atoms with Crippen LogP contribution in [-0.4, -0.2) is 31.7 Å². The molecule has 0 saturated carbocycles. The summed E-state index contributed by atoms with van der Waals surface area (Å²) in [6.07, 6.45) is 1.04. The van der Waals surface area contributed by atoms with Crippen LogP contribution in [0.3, 0.4) is 0 Å². The van der Waals surface area contributed by atoms with Crippen molar-refractivity contribution in [2.75, 3.05) is 26.7 Å². The van der Waals surface area contributed by atoms with E-state index in [1.165, 1.54) is 5.69 Å². The van der Waals surface area contributed by atoms with Gasteiger partial charge in [0.05, 0.1) is 10.7 Å². The second kappa shape index (κ2) is 6.07. The summed E-state index contributed by atoms with van der Waals surface area (Å²) >= 11 is 1.72. The van der Waals surface area contributed by atoms with Crippen LogP contribution in [0.1, 0.15) is 10.7 Å². The minimum atomic E-state index is 1.02. The summed E-state index contributed by atoms with van der Waals surface area (Å²) in [4.78, 5) is 4.39. The normalized spacial score (nSPS) is 10.6. The minimum Gasteiger partial charge on any atom is -0.318 e. The van der Waals surface area contributed by atoms with Crippen LogP contribution in [0.15, 0.2) is 5.38 Å². The maximum atomic E-state index is 4.39. The van der Waals surface area contributed by atoms with E-state index in [1.807, 2.05) is 14.0 Å². The van der Waals surface area contributed by atoms with Crippen molar-refractivity contribution in [1.29, 1.82) is 0 Å². The van der Waals surface area contributed by atoms with Gasteiger partial charge >= 0.3 is 0 Å². The van der Waals surface area contributed by atoms with E-state index in [-0.39, 0.29) is 0 Å². The quantitative estimate of drug-likeness (QED) is 0.666. The van der Waals surface area contributed by atoms with E-state index >= 15 is 0 Å². The maximum absolute atomic E-state index is 4.39. The molecule has 13 heavy (non-hydrogen) atoms. The summed E-state index contributed by atoms with van der Waals surface area (Å²) in [6, 6.07) is 0. The number of hydrogen-bond donors (Lipinski definition) is 2. The van der Waals surface area contributed by atoms with E-state index in [0.29, 0.717) is 0 Å². The number of rotatable bonds is 6. The van der Waals surface area contributed by atoms with Gasteiger partial charge in [-0.1, -0.05) is 0 Å². The van der Waals surface area contributed by atoms with Crippen molar-refractivity contribution >= 4 is 11.3 Å². The molecule has 4 heteroatoms. The molecule has 74 valence electrons. The van der Waals surface area contributed by atoms with Crippen LogP contribution in [0, 0.1) is 6.92 Å². The van der Waals surface area contributed by atoms with Crippen LogP contribution >= 0.6 is 11.3 Å². The van der Waals surface area contributed by atoms with Crippen LogP contribution in [0.4, 0.5) is 0 Å². The van der Waals surface area contributed by atoms with Crippen LogP contribution < -0.4 is 10.6 Å². The number of aryl methyl sites for hydroxylation is 1. The molecule has 0 spiro atoms. The second-order valence-corrected chi connectivity index (χ2v) is 4.02. The third-order valence-corrected chi connectivity index (χ3v) is 2.60. The van der Waals surface area contributed by atoms with Gasteiger partial charge in [-0.2, -0.15) is 0 Å². The molecule has 0 aliphatic rings. The summed E-state index contributed by atoms with van der Waals surface area (Å²) in [5.74, 6) is 0. The lowest BCUT2D eigenvalue weighted by atomic mass is 10.3. The molecule has 0 aliphatic carbocycles. The predicted molar refractivity (Wildman–Crippen MR) is 57.4 cm³/mol. The number of thiazole rings is 1. The highest BCUT2D eigenvalue weighted by atomic mass is 32.1. The number of nitrogens with one attached hydrogen (secondary N) is 2. The zero-order valence-corrected chi connectivity index (χ0v) is 9.08. The Morgan fingerprint density at radius 3 is 2.85 bits per heavy atom. The third-order valence-electron chi connectivity index (χ3n) is 1.78. The number of aromatic nitrogens is 1. The predicted octanol–water partition coefficient (Wildman–Crippen LogP) is 0.803. The van der Waals surface area contributed by atoms with Crippen molar-refractivity contribution in [3.63, 3.8) is 0 Å². The third kappa shape index (κ3) is 4.36. The smallest absolute Gasteiger partial charge is 0.0897 e. The highest BCUT2D eigenvalue weighted by Crippen LogP contribution is 2.07. The number of nitrogens with zero attached hydrogens (tertiary/aromatic N) is 1. The fraction of sp³-hybridized carbons (Fsp3) is 0.667. The van der Waals surface area contributed by atoms with Gasteiger partial charge in [-0.05, 0) is 14.0 Å². The van der Waals surface area contributed by atoms with Crippen molar-refractivity contribution < 1.29 is 0 Å². The first-order valence-corrected chi connectivity index (χ1v) is 5.47. The van der Waals surface area contributed by atoms with Gasteiger partial charge in [0.1, 0.15) is 0 Å². The highest BCUT2D eigenvalue weighted by molar-refractivity contribution is 7.09. The Hall–Kier alpha value is -0.450. The van der Waals surface area contributed by atoms with Gasteiger partial charge in [0.15, 0.2) is 0 Å². The fourth-order valence-electron chi connectivity index (χ4n) is 1.08. The highest BCUT2D eigenvalue weighted by Gasteiger charge is 1.96. The van der Waals surface area contributed by atoms with E-state index in [1.54, 1.807) is 11.3 Å². The van der Waals surface area contributed by atoms with Gasteiger partial charge in [-0.15, -0.1) is 11.3 Å². The summed E-state index contributed by atoms with van der Waals surface area (Å²) < 4.78 is 0. The molecule has 0 aliphatic heterocycles. The standard InChI is InChI=1S/C9H17N3S/c1-8-12-9(7-13-8)3-4-11-6-5-10-2/h7,10-11H,3-6H2,1-2H3. The first-order chi connectivity index (χ1) is 6.33. The average molecular weight is 199 g/mol. The van der Waals surface area contributed by atoms with Crippen molar-refractivity contribution in [3.8, 4) is 0 Å². The largest absolute Gasteiger partial charge is 0.318 e. The number of likely N-dealkylation sites (N-methyl/N-ethyl adjacent to an activating group) is 1. The van der Waals surface area contributed by atoms with Crippen LogP contribution in [0.2, 0.25) is 0 Å². The molecule has 1 aromatic heterocycles. The summed E-state index contributed by atoms with van der Waals surface area (Å²) in [7, 11) is 1.96. The summed E-state index contributed by atoms with van der Waals surface area (Å²) in [6.45, 7) is 5.11. The molecule has 0 amide bonds. The summed E-state index contributed by atoms with van der Waals surface area (Å²) in [5, 5.41) is 9.73. The Morgan fingerprint density at radius 1 is 1.38 bits per heavy atom. The summed E-state index contributed by atoms with van der Waals surface area (Å²) in [5.41, 5.74) is 1.21. The van der Waals surface area contributed by atoms with E-state index in [2.05, 4.69) is 21.0 Å². The van der Waals surface area contributed by atoms with Gasteiger partial charge in [-0.3, -0.25) is 0 Å². The molecule has 0 saturated heterocycles. The van der Waals surface area contributed by atoms with E-state index in [9.17, 15) is 0 Å². The van der Waals surface area contributed by atoms with E-state index in [4.69, 9.17) is 0 Å². The topological polar surface area (TPSA) is 37.0 Å². The SMILES string of the molecule is CNCCNCCc1csc(C)n1. The molecule has 1 rings (SSSR count). The Morgan fingerprint density at radius 2 is 2.23 bits per heavy atom. The number of hydrogen-bond acceptors (Lipinski definition) is 4. The van der Waals surface area contributed by atoms with Crippen molar-refractivity contribution in [2.24, 2.45) is 0 Å². The lowest BCUT2D eigenvalue weighted by Gasteiger charge is -2.01. The fourth-order valence-corrected chi connectivity index (χ4v) is 1.73. The van der Waals surface area contributed by atoms with E-state index in [0.717, 1.165) is 31.1 Å². The van der Waals surface area contributed by atoms with Crippen LogP contribution in [-0.2, 0) is 6.42 Å². The molecule has 1 heterocycles. The lowest BCUT2D eigenvalue weighted by Crippen LogP contribution is -2.26. The molecule has 0 fully saturated rings. The van der Waals surface area contributed by atoms with Gasteiger partial charge in [0, 0.05) is 31.4 Å². The Labute approximate surface area is 83.6 Å². The Kier molecular flexibility index (Phi) is 4.97.